The lowest BCUT2D eigenvalue weighted by atomic mass is 9.88. The lowest BCUT2D eigenvalue weighted by Gasteiger charge is -2.30. The number of carboxylic acid groups (broad SMARTS) is 1. The van der Waals surface area contributed by atoms with Gasteiger partial charge in [-0.1, -0.05) is 38.1 Å². The van der Waals surface area contributed by atoms with Gasteiger partial charge in [-0.3, -0.25) is 0 Å². The molecule has 18 heavy (non-hydrogen) atoms. The molecule has 0 aromatic heterocycles. The molecule has 0 spiro atoms. The molecule has 3 nitrogen and oxygen atoms in total. The summed E-state index contributed by atoms with van der Waals surface area (Å²) in [7, 11) is 0. The Morgan fingerprint density at radius 2 is 1.78 bits per heavy atom. The van der Waals surface area contributed by atoms with Crippen LogP contribution in [0.1, 0.15) is 49.7 Å². The first-order valence-corrected chi connectivity index (χ1v) is 6.65. The van der Waals surface area contributed by atoms with Crippen molar-refractivity contribution in [2.75, 3.05) is 13.1 Å². The number of hydrogen-bond acceptors (Lipinski definition) is 1. The molecule has 0 aliphatic carbocycles. The van der Waals surface area contributed by atoms with E-state index in [1.807, 2.05) is 0 Å². The third-order valence-electron chi connectivity index (χ3n) is 3.84. The third-order valence-corrected chi connectivity index (χ3v) is 3.84. The number of benzene rings is 1. The quantitative estimate of drug-likeness (QED) is 0.866. The van der Waals surface area contributed by atoms with Gasteiger partial charge in [0.1, 0.15) is 0 Å². The van der Waals surface area contributed by atoms with Gasteiger partial charge >= 0.3 is 6.09 Å². The van der Waals surface area contributed by atoms with Gasteiger partial charge in [0.05, 0.1) is 0 Å². The van der Waals surface area contributed by atoms with Crippen molar-refractivity contribution >= 4 is 6.09 Å². The Labute approximate surface area is 108 Å². The maximum Gasteiger partial charge on any atom is 0.407 e. The zero-order valence-electron chi connectivity index (χ0n) is 11.1. The van der Waals surface area contributed by atoms with Gasteiger partial charge < -0.3 is 10.0 Å². The van der Waals surface area contributed by atoms with Gasteiger partial charge in [0.2, 0.25) is 0 Å². The van der Waals surface area contributed by atoms with E-state index in [0.717, 1.165) is 12.8 Å². The Morgan fingerprint density at radius 3 is 2.22 bits per heavy atom. The summed E-state index contributed by atoms with van der Waals surface area (Å²) in [5.41, 5.74) is 2.71. The molecule has 3 heteroatoms. The molecule has 1 aromatic carbocycles. The van der Waals surface area contributed by atoms with Crippen molar-refractivity contribution in [2.24, 2.45) is 0 Å². The lowest BCUT2D eigenvalue weighted by Crippen LogP contribution is -2.36. The third kappa shape index (κ3) is 2.84. The van der Waals surface area contributed by atoms with Crippen LogP contribution in [0.2, 0.25) is 0 Å². The Kier molecular flexibility index (Phi) is 3.90. The first kappa shape index (κ1) is 12.9. The second-order valence-corrected chi connectivity index (χ2v) is 5.37. The van der Waals surface area contributed by atoms with Crippen LogP contribution >= 0.6 is 0 Å². The topological polar surface area (TPSA) is 40.5 Å². The fourth-order valence-electron chi connectivity index (χ4n) is 2.56. The second kappa shape index (κ2) is 5.42. The van der Waals surface area contributed by atoms with Crippen LogP contribution in [0.5, 0.6) is 0 Å². The first-order valence-electron chi connectivity index (χ1n) is 6.65. The second-order valence-electron chi connectivity index (χ2n) is 5.37. The first-order chi connectivity index (χ1) is 8.58. The number of amides is 1. The highest BCUT2D eigenvalue weighted by molar-refractivity contribution is 5.65. The Bertz CT molecular complexity index is 403. The van der Waals surface area contributed by atoms with Crippen LogP contribution in [0.3, 0.4) is 0 Å². The van der Waals surface area contributed by atoms with Gasteiger partial charge in [-0.2, -0.15) is 0 Å². The molecule has 0 bridgehead atoms. The number of nitrogens with zero attached hydrogens (tertiary/aromatic N) is 1. The highest BCUT2D eigenvalue weighted by Gasteiger charge is 2.23. The molecule has 1 aromatic rings. The maximum atomic E-state index is 10.8. The van der Waals surface area contributed by atoms with Crippen molar-refractivity contribution in [1.82, 2.24) is 4.90 Å². The van der Waals surface area contributed by atoms with Crippen LogP contribution in [0.25, 0.3) is 0 Å². The average molecular weight is 247 g/mol. The van der Waals surface area contributed by atoms with Gasteiger partial charge in [0.15, 0.2) is 0 Å². The van der Waals surface area contributed by atoms with E-state index in [0.29, 0.717) is 24.9 Å². The van der Waals surface area contributed by atoms with Crippen molar-refractivity contribution in [3.63, 3.8) is 0 Å². The molecule has 98 valence electrons. The Hall–Kier alpha value is -1.51. The molecule has 0 unspecified atom stereocenters. The van der Waals surface area contributed by atoms with Gasteiger partial charge in [0, 0.05) is 13.1 Å². The number of hydrogen-bond donors (Lipinski definition) is 1. The molecular formula is C15H21NO2. The van der Waals surface area contributed by atoms with Crippen LogP contribution in [0, 0.1) is 0 Å². The fourth-order valence-corrected chi connectivity index (χ4v) is 2.56. The molecule has 1 saturated heterocycles. The summed E-state index contributed by atoms with van der Waals surface area (Å²) in [4.78, 5) is 12.4. The fraction of sp³-hybridized carbons (Fsp3) is 0.533. The van der Waals surface area contributed by atoms with Crippen molar-refractivity contribution < 1.29 is 9.90 Å². The van der Waals surface area contributed by atoms with E-state index in [1.165, 1.54) is 16.0 Å². The zero-order valence-corrected chi connectivity index (χ0v) is 11.1. The number of rotatable bonds is 2. The van der Waals surface area contributed by atoms with Gasteiger partial charge in [0.25, 0.3) is 0 Å². The van der Waals surface area contributed by atoms with Crippen molar-refractivity contribution in [3.05, 3.63) is 35.4 Å². The molecule has 1 amide bonds. The minimum absolute atomic E-state index is 0.516. The van der Waals surface area contributed by atoms with Crippen LogP contribution in [-0.2, 0) is 0 Å². The molecule has 0 saturated carbocycles. The molecule has 1 N–H and O–H groups in total. The van der Waals surface area contributed by atoms with Crippen molar-refractivity contribution in [1.29, 1.82) is 0 Å². The Morgan fingerprint density at radius 1 is 1.22 bits per heavy atom. The van der Waals surface area contributed by atoms with Crippen LogP contribution < -0.4 is 0 Å². The summed E-state index contributed by atoms with van der Waals surface area (Å²) in [6.45, 7) is 5.71. The van der Waals surface area contributed by atoms with Gasteiger partial charge in [-0.05, 0) is 35.8 Å². The van der Waals surface area contributed by atoms with Gasteiger partial charge in [-0.25, -0.2) is 4.79 Å². The monoisotopic (exact) mass is 247 g/mol. The normalized spacial score (nSPS) is 17.2. The van der Waals surface area contributed by atoms with Crippen LogP contribution in [-0.4, -0.2) is 29.2 Å². The largest absolute Gasteiger partial charge is 0.465 e. The Balaban J connectivity index is 1.99. The molecular weight excluding hydrogens is 226 g/mol. The van der Waals surface area contributed by atoms with E-state index in [4.69, 9.17) is 5.11 Å². The lowest BCUT2D eigenvalue weighted by molar-refractivity contribution is 0.132. The minimum Gasteiger partial charge on any atom is -0.465 e. The molecule has 1 aliphatic heterocycles. The number of likely N-dealkylation sites (tertiary alicyclic amines) is 1. The van der Waals surface area contributed by atoms with Gasteiger partial charge in [-0.15, -0.1) is 0 Å². The van der Waals surface area contributed by atoms with E-state index >= 15 is 0 Å². The molecule has 2 rings (SSSR count). The predicted molar refractivity (Wildman–Crippen MR) is 72.1 cm³/mol. The standard InChI is InChI=1S/C15H21NO2/c1-11(2)12-3-5-13(6-4-12)14-7-9-16(10-8-14)15(17)18/h3-6,11,14H,7-10H2,1-2H3,(H,17,18). The van der Waals surface area contributed by atoms with E-state index in [9.17, 15) is 4.79 Å². The number of piperidine rings is 1. The summed E-state index contributed by atoms with van der Waals surface area (Å²) < 4.78 is 0. The van der Waals surface area contributed by atoms with E-state index in [1.54, 1.807) is 0 Å². The molecule has 1 heterocycles. The minimum atomic E-state index is -0.788. The molecule has 1 fully saturated rings. The summed E-state index contributed by atoms with van der Waals surface area (Å²) >= 11 is 0. The highest BCUT2D eigenvalue weighted by atomic mass is 16.4. The van der Waals surface area contributed by atoms with Crippen LogP contribution in [0.4, 0.5) is 4.79 Å². The summed E-state index contributed by atoms with van der Waals surface area (Å²) in [6, 6.07) is 8.81. The van der Waals surface area contributed by atoms with Crippen molar-refractivity contribution in [3.8, 4) is 0 Å². The zero-order chi connectivity index (χ0) is 13.1. The highest BCUT2D eigenvalue weighted by Crippen LogP contribution is 2.29. The van der Waals surface area contributed by atoms with Crippen molar-refractivity contribution in [2.45, 2.75) is 38.5 Å². The summed E-state index contributed by atoms with van der Waals surface area (Å²) in [6.07, 6.45) is 1.09. The van der Waals surface area contributed by atoms with E-state index in [2.05, 4.69) is 38.1 Å². The maximum absolute atomic E-state index is 10.8. The molecule has 1 aliphatic rings. The smallest absolute Gasteiger partial charge is 0.407 e. The predicted octanol–water partition coefficient (Wildman–Crippen LogP) is 3.67. The van der Waals surface area contributed by atoms with Crippen LogP contribution in [0.15, 0.2) is 24.3 Å². The summed E-state index contributed by atoms with van der Waals surface area (Å²) in [5.74, 6) is 1.08. The molecule has 0 atom stereocenters. The summed E-state index contributed by atoms with van der Waals surface area (Å²) in [5, 5.41) is 8.92. The van der Waals surface area contributed by atoms with E-state index in [-0.39, 0.29) is 0 Å². The molecule has 0 radical (unpaired) electrons. The SMILES string of the molecule is CC(C)c1ccc(C2CCN(C(=O)O)CC2)cc1. The number of carbonyl (C=O) groups is 1. The van der Waals surface area contributed by atoms with E-state index < -0.39 is 6.09 Å². The average Bonchev–Trinajstić information content (AvgIpc) is 2.39.